The number of nitrogens with two attached hydrogens (primary N) is 1. The molecule has 2 rings (SSSR count). The van der Waals surface area contributed by atoms with Crippen molar-refractivity contribution in [1.29, 1.82) is 0 Å². The van der Waals surface area contributed by atoms with Gasteiger partial charge in [0.05, 0.1) is 5.25 Å². The minimum absolute atomic E-state index is 0.104. The van der Waals surface area contributed by atoms with Crippen molar-refractivity contribution in [3.8, 4) is 0 Å². The number of carbonyl (C=O) groups excluding carboxylic acids is 1. The van der Waals surface area contributed by atoms with Crippen molar-refractivity contribution in [3.05, 3.63) is 24.3 Å². The first kappa shape index (κ1) is 16.1. The monoisotopic (exact) mass is 340 g/mol. The van der Waals surface area contributed by atoms with E-state index in [9.17, 15) is 4.79 Å². The smallest absolute Gasteiger partial charge is 0.239 e. The Hall–Kier alpha value is -1.25. The maximum atomic E-state index is 12.2. The van der Waals surface area contributed by atoms with Gasteiger partial charge in [-0.05, 0) is 24.8 Å². The average molecular weight is 340 g/mol. The van der Waals surface area contributed by atoms with Gasteiger partial charge in [0, 0.05) is 10.6 Å². The van der Waals surface area contributed by atoms with Crippen molar-refractivity contribution in [3.63, 3.8) is 0 Å². The maximum absolute atomic E-state index is 12.2. The van der Waals surface area contributed by atoms with Gasteiger partial charge in [-0.25, -0.2) is 0 Å². The lowest BCUT2D eigenvalue weighted by Gasteiger charge is -2.11. The Balaban J connectivity index is 1.94. The van der Waals surface area contributed by atoms with Crippen molar-refractivity contribution in [2.45, 2.75) is 28.3 Å². The quantitative estimate of drug-likeness (QED) is 0.477. The number of carbonyl (C=O) groups is 1. The second-order valence-electron chi connectivity index (χ2n) is 4.09. The fraction of sp³-hybridized carbons (Fsp3) is 0.308. The highest BCUT2D eigenvalue weighted by molar-refractivity contribution is 8.01. The van der Waals surface area contributed by atoms with E-state index in [1.165, 1.54) is 23.1 Å². The van der Waals surface area contributed by atoms with E-state index in [0.717, 1.165) is 15.0 Å². The number of nitrogen functional groups attached to an aromatic ring is 1. The van der Waals surface area contributed by atoms with Crippen LogP contribution in [0.15, 0.2) is 33.5 Å². The van der Waals surface area contributed by atoms with Crippen LogP contribution in [-0.2, 0) is 4.79 Å². The minimum Gasteiger partial charge on any atom is -0.398 e. The van der Waals surface area contributed by atoms with Crippen molar-refractivity contribution in [1.82, 2.24) is 10.2 Å². The normalized spacial score (nSPS) is 12.1. The predicted molar refractivity (Wildman–Crippen MR) is 91.1 cm³/mol. The van der Waals surface area contributed by atoms with Crippen LogP contribution in [0.25, 0.3) is 0 Å². The molecule has 5 nitrogen and oxygen atoms in total. The van der Waals surface area contributed by atoms with Gasteiger partial charge in [0.15, 0.2) is 4.34 Å². The zero-order chi connectivity index (χ0) is 15.2. The minimum atomic E-state index is -0.263. The molecule has 0 bridgehead atoms. The molecule has 8 heteroatoms. The largest absolute Gasteiger partial charge is 0.398 e. The highest BCUT2D eigenvalue weighted by Gasteiger charge is 2.17. The Morgan fingerprint density at radius 1 is 1.43 bits per heavy atom. The lowest BCUT2D eigenvalue weighted by molar-refractivity contribution is -0.115. The third-order valence-corrected chi connectivity index (χ3v) is 5.54. The van der Waals surface area contributed by atoms with Crippen LogP contribution in [0.2, 0.25) is 0 Å². The topological polar surface area (TPSA) is 80.9 Å². The average Bonchev–Trinajstić information content (AvgIpc) is 2.89. The maximum Gasteiger partial charge on any atom is 0.239 e. The third-order valence-electron chi connectivity index (χ3n) is 2.50. The second-order valence-corrected chi connectivity index (χ2v) is 7.96. The summed E-state index contributed by atoms with van der Waals surface area (Å²) in [6.07, 6.45) is 0. The fourth-order valence-corrected chi connectivity index (χ4v) is 4.04. The molecule has 0 saturated heterocycles. The number of aromatic nitrogens is 2. The Morgan fingerprint density at radius 3 is 2.90 bits per heavy atom. The summed E-state index contributed by atoms with van der Waals surface area (Å²) in [5.74, 6) is 0.828. The lowest BCUT2D eigenvalue weighted by Crippen LogP contribution is -2.22. The van der Waals surface area contributed by atoms with Gasteiger partial charge in [-0.1, -0.05) is 42.2 Å². The number of amides is 1. The molecule has 1 amide bonds. The summed E-state index contributed by atoms with van der Waals surface area (Å²) in [6.45, 7) is 3.89. The summed E-state index contributed by atoms with van der Waals surface area (Å²) in [4.78, 5) is 13.1. The first-order valence-electron chi connectivity index (χ1n) is 6.38. The molecule has 0 radical (unpaired) electrons. The van der Waals surface area contributed by atoms with Gasteiger partial charge in [0.1, 0.15) is 0 Å². The lowest BCUT2D eigenvalue weighted by atomic mass is 10.3. The van der Waals surface area contributed by atoms with Gasteiger partial charge in [0.25, 0.3) is 0 Å². The molecular weight excluding hydrogens is 324 g/mol. The van der Waals surface area contributed by atoms with E-state index >= 15 is 0 Å². The molecule has 0 aliphatic rings. The van der Waals surface area contributed by atoms with Crippen LogP contribution in [-0.4, -0.2) is 27.1 Å². The third kappa shape index (κ3) is 4.62. The molecular formula is C13H16N4OS3. The van der Waals surface area contributed by atoms with Crippen LogP contribution >= 0.6 is 34.9 Å². The molecule has 21 heavy (non-hydrogen) atoms. The van der Waals surface area contributed by atoms with Gasteiger partial charge in [-0.15, -0.1) is 22.0 Å². The summed E-state index contributed by atoms with van der Waals surface area (Å²) >= 11 is 4.42. The Labute approximate surface area is 136 Å². The van der Waals surface area contributed by atoms with E-state index in [2.05, 4.69) is 15.5 Å². The molecule has 0 aliphatic heterocycles. The summed E-state index contributed by atoms with van der Waals surface area (Å²) in [6, 6.07) is 7.51. The molecule has 0 fully saturated rings. The molecule has 2 aromatic rings. The number of hydrogen-bond donors (Lipinski definition) is 2. The Kier molecular flexibility index (Phi) is 5.89. The van der Waals surface area contributed by atoms with Crippen LogP contribution in [0, 0.1) is 0 Å². The Morgan fingerprint density at radius 2 is 2.19 bits per heavy atom. The van der Waals surface area contributed by atoms with Gasteiger partial charge < -0.3 is 5.73 Å². The highest BCUT2D eigenvalue weighted by atomic mass is 32.2. The number of thioether (sulfide) groups is 2. The van der Waals surface area contributed by atoms with E-state index in [-0.39, 0.29) is 11.2 Å². The number of anilines is 2. The highest BCUT2D eigenvalue weighted by Crippen LogP contribution is 2.30. The zero-order valence-corrected chi connectivity index (χ0v) is 14.1. The Bertz CT molecular complexity index is 617. The standard InChI is InChI=1S/C13H16N4OS3/c1-3-19-13-17-16-12(21-13)15-11(18)8(2)20-10-7-5-4-6-9(10)14/h4-8H,3,14H2,1-2H3,(H,15,16,18)/t8-/m0/s1. The predicted octanol–water partition coefficient (Wildman–Crippen LogP) is 3.35. The van der Waals surface area contributed by atoms with Crippen LogP contribution < -0.4 is 11.1 Å². The van der Waals surface area contributed by atoms with E-state index in [4.69, 9.17) is 5.73 Å². The van der Waals surface area contributed by atoms with Crippen molar-refractivity contribution in [2.24, 2.45) is 0 Å². The first-order valence-corrected chi connectivity index (χ1v) is 9.06. The molecule has 1 aromatic carbocycles. The number of para-hydroxylation sites is 1. The summed E-state index contributed by atoms with van der Waals surface area (Å²) in [5.41, 5.74) is 6.56. The van der Waals surface area contributed by atoms with Crippen LogP contribution in [0.3, 0.4) is 0 Å². The molecule has 0 aliphatic carbocycles. The molecule has 0 saturated carbocycles. The van der Waals surface area contributed by atoms with E-state index in [1.807, 2.05) is 38.1 Å². The SMILES string of the molecule is CCSc1nnc(NC(=O)[C@H](C)Sc2ccccc2N)s1. The summed E-state index contributed by atoms with van der Waals surface area (Å²) in [7, 11) is 0. The fourth-order valence-electron chi connectivity index (χ4n) is 1.48. The molecule has 0 spiro atoms. The van der Waals surface area contributed by atoms with Crippen molar-refractivity contribution in [2.75, 3.05) is 16.8 Å². The summed E-state index contributed by atoms with van der Waals surface area (Å²) in [5, 5.41) is 11.0. The molecule has 1 heterocycles. The van der Waals surface area contributed by atoms with Gasteiger partial charge >= 0.3 is 0 Å². The second kappa shape index (κ2) is 7.67. The molecule has 1 aromatic heterocycles. The summed E-state index contributed by atoms with van der Waals surface area (Å²) < 4.78 is 0.861. The zero-order valence-electron chi connectivity index (χ0n) is 11.7. The van der Waals surface area contributed by atoms with Crippen LogP contribution in [0.1, 0.15) is 13.8 Å². The molecule has 112 valence electrons. The number of nitrogens with zero attached hydrogens (tertiary/aromatic N) is 2. The number of nitrogens with one attached hydrogen (secondary N) is 1. The van der Waals surface area contributed by atoms with Gasteiger partial charge in [0.2, 0.25) is 11.0 Å². The van der Waals surface area contributed by atoms with E-state index < -0.39 is 0 Å². The molecule has 1 atom stereocenters. The molecule has 3 N–H and O–H groups in total. The number of benzene rings is 1. The number of rotatable bonds is 6. The van der Waals surface area contributed by atoms with E-state index in [1.54, 1.807) is 11.8 Å². The van der Waals surface area contributed by atoms with Gasteiger partial charge in [-0.2, -0.15) is 0 Å². The first-order chi connectivity index (χ1) is 10.1. The van der Waals surface area contributed by atoms with E-state index in [0.29, 0.717) is 10.8 Å². The molecule has 0 unspecified atom stereocenters. The van der Waals surface area contributed by atoms with Crippen LogP contribution in [0.5, 0.6) is 0 Å². The number of hydrogen-bond acceptors (Lipinski definition) is 7. The van der Waals surface area contributed by atoms with Crippen molar-refractivity contribution >= 4 is 51.6 Å². The van der Waals surface area contributed by atoms with Crippen molar-refractivity contribution < 1.29 is 4.79 Å². The van der Waals surface area contributed by atoms with Gasteiger partial charge in [-0.3, -0.25) is 10.1 Å². The van der Waals surface area contributed by atoms with Crippen LogP contribution in [0.4, 0.5) is 10.8 Å².